The molecule has 6 heteroatoms. The largest absolute Gasteiger partial charge is 0.397 e. The number of anilines is 1. The minimum atomic E-state index is 0.625. The van der Waals surface area contributed by atoms with Crippen LogP contribution in [0.1, 0.15) is 0 Å². The summed E-state index contributed by atoms with van der Waals surface area (Å²) in [5.41, 5.74) is 10.1. The number of hydrogen-bond acceptors (Lipinski definition) is 4. The van der Waals surface area contributed by atoms with Crippen LogP contribution >= 0.6 is 0 Å². The molecule has 0 bridgehead atoms. The molecule has 0 amide bonds. The summed E-state index contributed by atoms with van der Waals surface area (Å²) >= 11 is 0. The average molecular weight is 250 g/mol. The molecule has 4 aromatic rings. The van der Waals surface area contributed by atoms with Crippen LogP contribution in [-0.2, 0) is 0 Å². The van der Waals surface area contributed by atoms with E-state index in [0.717, 1.165) is 22.6 Å². The van der Waals surface area contributed by atoms with Crippen LogP contribution in [0.15, 0.2) is 42.7 Å². The molecular weight excluding hydrogens is 240 g/mol. The zero-order chi connectivity index (χ0) is 12.8. The van der Waals surface area contributed by atoms with Gasteiger partial charge in [-0.05, 0) is 12.1 Å². The summed E-state index contributed by atoms with van der Waals surface area (Å²) in [6.45, 7) is 0. The third-order valence-electron chi connectivity index (χ3n) is 3.10. The SMILES string of the molecule is Nc1cc2nnccn2c1-c1nc2ccccc2[nH]1. The zero-order valence-corrected chi connectivity index (χ0v) is 9.91. The summed E-state index contributed by atoms with van der Waals surface area (Å²) in [6, 6.07) is 9.65. The molecule has 3 heterocycles. The molecule has 0 fully saturated rings. The fourth-order valence-corrected chi connectivity index (χ4v) is 2.26. The van der Waals surface area contributed by atoms with E-state index < -0.39 is 0 Å². The zero-order valence-electron chi connectivity index (χ0n) is 9.91. The number of nitrogens with one attached hydrogen (secondary N) is 1. The number of nitrogens with zero attached hydrogens (tertiary/aromatic N) is 4. The second kappa shape index (κ2) is 3.55. The van der Waals surface area contributed by atoms with Gasteiger partial charge in [0.15, 0.2) is 11.5 Å². The smallest absolute Gasteiger partial charge is 0.162 e. The summed E-state index contributed by atoms with van der Waals surface area (Å²) in [7, 11) is 0. The lowest BCUT2D eigenvalue weighted by Crippen LogP contribution is -1.94. The van der Waals surface area contributed by atoms with Gasteiger partial charge in [-0.1, -0.05) is 12.1 Å². The maximum atomic E-state index is 6.06. The lowest BCUT2D eigenvalue weighted by atomic mass is 10.3. The molecule has 0 aliphatic carbocycles. The van der Waals surface area contributed by atoms with Gasteiger partial charge in [-0.25, -0.2) is 4.98 Å². The van der Waals surface area contributed by atoms with Crippen molar-refractivity contribution in [2.75, 3.05) is 5.73 Å². The van der Waals surface area contributed by atoms with Crippen LogP contribution in [0.5, 0.6) is 0 Å². The van der Waals surface area contributed by atoms with E-state index in [2.05, 4.69) is 20.2 Å². The average Bonchev–Trinajstić information content (AvgIpc) is 2.97. The molecule has 3 aromatic heterocycles. The van der Waals surface area contributed by atoms with Gasteiger partial charge >= 0.3 is 0 Å². The van der Waals surface area contributed by atoms with Crippen molar-refractivity contribution in [2.24, 2.45) is 0 Å². The van der Waals surface area contributed by atoms with E-state index >= 15 is 0 Å². The van der Waals surface area contributed by atoms with Crippen molar-refractivity contribution >= 4 is 22.4 Å². The maximum Gasteiger partial charge on any atom is 0.162 e. The molecule has 3 N–H and O–H groups in total. The molecule has 92 valence electrons. The molecule has 0 radical (unpaired) electrons. The first-order valence-corrected chi connectivity index (χ1v) is 5.86. The fourth-order valence-electron chi connectivity index (χ4n) is 2.26. The standard InChI is InChI=1S/C13H10N6/c14-8-7-11-18-15-5-6-19(11)12(8)13-16-9-3-1-2-4-10(9)17-13/h1-7H,14H2,(H,16,17). The number of aromatic amines is 1. The van der Waals surface area contributed by atoms with E-state index in [9.17, 15) is 0 Å². The summed E-state index contributed by atoms with van der Waals surface area (Å²) in [5.74, 6) is 0.728. The Balaban J connectivity index is 2.06. The van der Waals surface area contributed by atoms with Crippen molar-refractivity contribution in [2.45, 2.75) is 0 Å². The van der Waals surface area contributed by atoms with Crippen LogP contribution in [0, 0.1) is 0 Å². The Bertz CT molecular complexity index is 855. The van der Waals surface area contributed by atoms with Gasteiger partial charge in [0.05, 0.1) is 22.9 Å². The van der Waals surface area contributed by atoms with E-state index in [1.54, 1.807) is 12.3 Å². The third kappa shape index (κ3) is 1.40. The van der Waals surface area contributed by atoms with Crippen LogP contribution in [0.25, 0.3) is 28.2 Å². The number of imidazole rings is 1. The van der Waals surface area contributed by atoms with Gasteiger partial charge in [-0.15, -0.1) is 5.10 Å². The monoisotopic (exact) mass is 250 g/mol. The molecule has 6 nitrogen and oxygen atoms in total. The van der Waals surface area contributed by atoms with Crippen LogP contribution in [-0.4, -0.2) is 24.6 Å². The molecule has 19 heavy (non-hydrogen) atoms. The van der Waals surface area contributed by atoms with Crippen LogP contribution in [0.3, 0.4) is 0 Å². The third-order valence-corrected chi connectivity index (χ3v) is 3.10. The number of para-hydroxylation sites is 2. The van der Waals surface area contributed by atoms with E-state index in [0.29, 0.717) is 11.3 Å². The fraction of sp³-hybridized carbons (Fsp3) is 0. The number of aromatic nitrogens is 5. The van der Waals surface area contributed by atoms with Gasteiger partial charge in [0, 0.05) is 12.3 Å². The molecule has 0 unspecified atom stereocenters. The Kier molecular flexibility index (Phi) is 1.88. The highest BCUT2D eigenvalue weighted by Crippen LogP contribution is 2.27. The quantitative estimate of drug-likeness (QED) is 0.540. The van der Waals surface area contributed by atoms with Crippen molar-refractivity contribution in [3.8, 4) is 11.5 Å². The number of hydrogen-bond donors (Lipinski definition) is 2. The molecule has 0 saturated heterocycles. The Morgan fingerprint density at radius 2 is 2.11 bits per heavy atom. The lowest BCUT2D eigenvalue weighted by molar-refractivity contribution is 0.982. The number of benzene rings is 1. The van der Waals surface area contributed by atoms with Crippen LogP contribution in [0.2, 0.25) is 0 Å². The van der Waals surface area contributed by atoms with Crippen molar-refractivity contribution in [1.82, 2.24) is 24.6 Å². The predicted octanol–water partition coefficient (Wildman–Crippen LogP) is 1.85. The van der Waals surface area contributed by atoms with Gasteiger partial charge < -0.3 is 10.7 Å². The first-order valence-electron chi connectivity index (χ1n) is 5.86. The number of H-pyrrole nitrogens is 1. The topological polar surface area (TPSA) is 84.9 Å². The minimum Gasteiger partial charge on any atom is -0.397 e. The molecule has 0 aliphatic heterocycles. The second-order valence-corrected chi connectivity index (χ2v) is 4.29. The Hall–Kier alpha value is -2.89. The molecule has 1 aromatic carbocycles. The van der Waals surface area contributed by atoms with Gasteiger partial charge in [0.2, 0.25) is 0 Å². The second-order valence-electron chi connectivity index (χ2n) is 4.29. The lowest BCUT2D eigenvalue weighted by Gasteiger charge is -1.99. The molecule has 0 atom stereocenters. The van der Waals surface area contributed by atoms with E-state index in [4.69, 9.17) is 5.73 Å². The first-order chi connectivity index (χ1) is 9.33. The highest BCUT2D eigenvalue weighted by Gasteiger charge is 2.14. The number of nitrogen functional groups attached to an aromatic ring is 1. The van der Waals surface area contributed by atoms with Crippen molar-refractivity contribution < 1.29 is 0 Å². The van der Waals surface area contributed by atoms with E-state index in [-0.39, 0.29) is 0 Å². The molecular formula is C13H10N6. The van der Waals surface area contributed by atoms with Gasteiger partial charge in [0.25, 0.3) is 0 Å². The summed E-state index contributed by atoms with van der Waals surface area (Å²) in [4.78, 5) is 7.83. The Morgan fingerprint density at radius 1 is 1.21 bits per heavy atom. The van der Waals surface area contributed by atoms with Gasteiger partial charge in [-0.2, -0.15) is 5.10 Å². The summed E-state index contributed by atoms with van der Waals surface area (Å²) < 4.78 is 1.88. The Morgan fingerprint density at radius 3 is 3.00 bits per heavy atom. The van der Waals surface area contributed by atoms with Gasteiger partial charge in [-0.3, -0.25) is 4.40 Å². The summed E-state index contributed by atoms with van der Waals surface area (Å²) in [6.07, 6.45) is 3.44. The number of rotatable bonds is 1. The maximum absolute atomic E-state index is 6.06. The van der Waals surface area contributed by atoms with Crippen LogP contribution in [0.4, 0.5) is 5.69 Å². The van der Waals surface area contributed by atoms with Crippen molar-refractivity contribution in [3.63, 3.8) is 0 Å². The number of nitrogens with two attached hydrogens (primary N) is 1. The normalized spacial score (nSPS) is 11.4. The van der Waals surface area contributed by atoms with Crippen molar-refractivity contribution in [1.29, 1.82) is 0 Å². The Labute approximate surface area is 107 Å². The van der Waals surface area contributed by atoms with E-state index in [1.165, 1.54) is 0 Å². The molecule has 4 rings (SSSR count). The molecule has 0 spiro atoms. The van der Waals surface area contributed by atoms with Gasteiger partial charge in [0.1, 0.15) is 5.69 Å². The molecule has 0 aliphatic rings. The highest BCUT2D eigenvalue weighted by atomic mass is 15.2. The first kappa shape index (κ1) is 10.1. The van der Waals surface area contributed by atoms with Crippen LogP contribution < -0.4 is 5.73 Å². The van der Waals surface area contributed by atoms with E-state index in [1.807, 2.05) is 34.9 Å². The number of fused-ring (bicyclic) bond motifs is 2. The predicted molar refractivity (Wildman–Crippen MR) is 72.5 cm³/mol. The summed E-state index contributed by atoms with van der Waals surface area (Å²) in [5, 5.41) is 7.88. The highest BCUT2D eigenvalue weighted by molar-refractivity contribution is 5.83. The minimum absolute atomic E-state index is 0.625. The molecule has 0 saturated carbocycles. The van der Waals surface area contributed by atoms with Crippen molar-refractivity contribution in [3.05, 3.63) is 42.7 Å².